The molecule has 9 nitrogen and oxygen atoms in total. The van der Waals surface area contributed by atoms with Crippen molar-refractivity contribution in [1.29, 1.82) is 0 Å². The predicted molar refractivity (Wildman–Crippen MR) is 123 cm³/mol. The highest BCUT2D eigenvalue weighted by atomic mass is 32.2. The molecule has 182 valence electrons. The van der Waals surface area contributed by atoms with Gasteiger partial charge in [0.2, 0.25) is 11.8 Å². The second-order valence-corrected chi connectivity index (χ2v) is 11.7. The molecule has 0 unspecified atom stereocenters. The quantitative estimate of drug-likeness (QED) is 0.365. The van der Waals surface area contributed by atoms with Crippen molar-refractivity contribution < 1.29 is 24.6 Å². The number of nitrogens with one attached hydrogen (secondary N) is 2. The number of carboxylic acids is 1. The van der Waals surface area contributed by atoms with Crippen molar-refractivity contribution in [3.05, 3.63) is 10.6 Å². The Kier molecular flexibility index (Phi) is 6.22. The Hall–Kier alpha value is -1.62. The molecule has 0 aromatic heterocycles. The molecule has 1 aliphatic carbocycles. The van der Waals surface area contributed by atoms with Gasteiger partial charge in [0, 0.05) is 41.7 Å². The maximum Gasteiger partial charge on any atom is 0.353 e. The van der Waals surface area contributed by atoms with E-state index in [0.717, 1.165) is 26.1 Å². The van der Waals surface area contributed by atoms with Gasteiger partial charge in [-0.3, -0.25) is 9.59 Å². The number of aliphatic carboxylic acids is 1. The molecule has 0 radical (unpaired) electrons. The number of fused-ring (bicyclic) bond motifs is 1. The zero-order valence-electron chi connectivity index (χ0n) is 19.2. The summed E-state index contributed by atoms with van der Waals surface area (Å²) in [7, 11) is 0. The standard InChI is InChI=1S/C23H34N4O5S/c1-11-18-17(12(2)28)22(30)27(18)19(23(31)32)20(11)33-15-7-16(25-9-15)21(29)26-6-5-13(10-26)8-24-14-3-4-14/h11-18,24-25,28H,3-10H2,1-2H3,(H,31,32)/t11-,12-,13-,15+,16+,17-,18-/m1/s1. The topological polar surface area (TPSA) is 122 Å². The van der Waals surface area contributed by atoms with Crippen LogP contribution in [0.4, 0.5) is 0 Å². The lowest BCUT2D eigenvalue weighted by Crippen LogP contribution is -2.63. The molecule has 5 rings (SSSR count). The first-order valence-electron chi connectivity index (χ1n) is 12.2. The van der Waals surface area contributed by atoms with E-state index >= 15 is 0 Å². The lowest BCUT2D eigenvalue weighted by Gasteiger charge is -2.46. The molecule has 0 bridgehead atoms. The van der Waals surface area contributed by atoms with Gasteiger partial charge in [-0.2, -0.15) is 0 Å². The van der Waals surface area contributed by atoms with Crippen LogP contribution in [0.1, 0.15) is 39.5 Å². The minimum Gasteiger partial charge on any atom is -0.477 e. The molecule has 4 fully saturated rings. The van der Waals surface area contributed by atoms with E-state index in [1.54, 1.807) is 6.92 Å². The Morgan fingerprint density at radius 1 is 1.30 bits per heavy atom. The number of likely N-dealkylation sites (tertiary alicyclic amines) is 1. The second-order valence-electron chi connectivity index (χ2n) is 10.3. The van der Waals surface area contributed by atoms with E-state index < -0.39 is 18.0 Å². The summed E-state index contributed by atoms with van der Waals surface area (Å²) in [6.07, 6.45) is 3.42. The van der Waals surface area contributed by atoms with E-state index in [9.17, 15) is 24.6 Å². The van der Waals surface area contributed by atoms with Crippen LogP contribution in [0.25, 0.3) is 0 Å². The van der Waals surface area contributed by atoms with Gasteiger partial charge in [-0.15, -0.1) is 11.8 Å². The Morgan fingerprint density at radius 3 is 2.73 bits per heavy atom. The molecule has 7 atom stereocenters. The van der Waals surface area contributed by atoms with Crippen molar-refractivity contribution in [3.63, 3.8) is 0 Å². The number of carbonyl (C=O) groups is 3. The third-order valence-electron chi connectivity index (χ3n) is 7.86. The number of amides is 2. The highest BCUT2D eigenvalue weighted by Crippen LogP contribution is 2.51. The molecule has 0 aromatic carbocycles. The number of carbonyl (C=O) groups excluding carboxylic acids is 2. The van der Waals surface area contributed by atoms with Gasteiger partial charge in [-0.1, -0.05) is 6.92 Å². The van der Waals surface area contributed by atoms with Crippen molar-refractivity contribution in [2.24, 2.45) is 17.8 Å². The van der Waals surface area contributed by atoms with Crippen molar-refractivity contribution in [3.8, 4) is 0 Å². The highest BCUT2D eigenvalue weighted by Gasteiger charge is 2.60. The van der Waals surface area contributed by atoms with Crippen molar-refractivity contribution in [1.82, 2.24) is 20.4 Å². The fourth-order valence-electron chi connectivity index (χ4n) is 5.88. The summed E-state index contributed by atoms with van der Waals surface area (Å²) in [5.41, 5.74) is 0.0553. The van der Waals surface area contributed by atoms with E-state index in [4.69, 9.17) is 0 Å². The number of rotatable bonds is 8. The van der Waals surface area contributed by atoms with E-state index in [-0.39, 0.29) is 40.8 Å². The molecule has 4 heterocycles. The molecule has 1 saturated carbocycles. The second kappa shape index (κ2) is 8.87. The van der Waals surface area contributed by atoms with Gasteiger partial charge in [-0.05, 0) is 45.1 Å². The molecule has 5 aliphatic rings. The molecule has 4 N–H and O–H groups in total. The zero-order valence-corrected chi connectivity index (χ0v) is 20.0. The fraction of sp³-hybridized carbons (Fsp3) is 0.783. The molecule has 0 aromatic rings. The van der Waals surface area contributed by atoms with E-state index in [1.165, 1.54) is 29.5 Å². The van der Waals surface area contributed by atoms with Crippen molar-refractivity contribution in [2.45, 2.75) is 69.0 Å². The summed E-state index contributed by atoms with van der Waals surface area (Å²) in [4.78, 5) is 41.6. The molecule has 0 spiro atoms. The largest absolute Gasteiger partial charge is 0.477 e. The molecular formula is C23H34N4O5S. The van der Waals surface area contributed by atoms with Crippen LogP contribution < -0.4 is 10.6 Å². The normalized spacial score (nSPS) is 36.9. The number of thioether (sulfide) groups is 1. The molecule has 4 aliphatic heterocycles. The predicted octanol–water partition coefficient (Wildman–Crippen LogP) is 0.204. The smallest absolute Gasteiger partial charge is 0.353 e. The third-order valence-corrected chi connectivity index (χ3v) is 9.37. The first-order chi connectivity index (χ1) is 15.8. The van der Waals surface area contributed by atoms with Crippen LogP contribution in [0.5, 0.6) is 0 Å². The lowest BCUT2D eigenvalue weighted by atomic mass is 9.79. The Morgan fingerprint density at radius 2 is 2.06 bits per heavy atom. The molecule has 33 heavy (non-hydrogen) atoms. The van der Waals surface area contributed by atoms with Crippen molar-refractivity contribution >= 4 is 29.5 Å². The summed E-state index contributed by atoms with van der Waals surface area (Å²) in [5, 5.41) is 26.8. The van der Waals surface area contributed by atoms with E-state index in [0.29, 0.717) is 29.8 Å². The molecule has 10 heteroatoms. The van der Waals surface area contributed by atoms with E-state index in [2.05, 4.69) is 10.6 Å². The number of β-lactam (4-membered cyclic amide) rings is 1. The summed E-state index contributed by atoms with van der Waals surface area (Å²) >= 11 is 1.49. The van der Waals surface area contributed by atoms with Crippen LogP contribution in [0.15, 0.2) is 10.6 Å². The number of carboxylic acid groups (broad SMARTS) is 1. The Labute approximate surface area is 198 Å². The molecular weight excluding hydrogens is 444 g/mol. The van der Waals surface area contributed by atoms with E-state index in [1.807, 2.05) is 11.8 Å². The SMILES string of the molecule is C[C@@H](O)[C@H]1C(=O)N2C(C(=O)O)=C(S[C@@H]3CN[C@H](C(=O)N4CC[C@H](CNC5CC5)C4)C3)[C@H](C)[C@H]12. The number of hydrogen-bond donors (Lipinski definition) is 4. The highest BCUT2D eigenvalue weighted by molar-refractivity contribution is 8.03. The van der Waals surface area contributed by atoms with Crippen molar-refractivity contribution in [2.75, 3.05) is 26.2 Å². The van der Waals surface area contributed by atoms with Crippen LogP contribution in [0, 0.1) is 17.8 Å². The number of aliphatic hydroxyl groups is 1. The summed E-state index contributed by atoms with van der Waals surface area (Å²) < 4.78 is 0. The average molecular weight is 479 g/mol. The first kappa shape index (κ1) is 23.1. The summed E-state index contributed by atoms with van der Waals surface area (Å²) in [5.74, 6) is -1.45. The van der Waals surface area contributed by atoms with Gasteiger partial charge in [0.15, 0.2) is 0 Å². The molecule has 2 amide bonds. The van der Waals surface area contributed by atoms with Crippen LogP contribution in [0.3, 0.4) is 0 Å². The van der Waals surface area contributed by atoms with Gasteiger partial charge >= 0.3 is 5.97 Å². The van der Waals surface area contributed by atoms with Crippen LogP contribution >= 0.6 is 11.8 Å². The zero-order chi connectivity index (χ0) is 23.4. The van der Waals surface area contributed by atoms with Crippen LogP contribution in [-0.2, 0) is 14.4 Å². The van der Waals surface area contributed by atoms with Gasteiger partial charge in [0.1, 0.15) is 5.70 Å². The lowest BCUT2D eigenvalue weighted by molar-refractivity contribution is -0.163. The third kappa shape index (κ3) is 4.19. The van der Waals surface area contributed by atoms with Crippen LogP contribution in [0.2, 0.25) is 0 Å². The number of aliphatic hydroxyl groups excluding tert-OH is 1. The Balaban J connectivity index is 1.19. The average Bonchev–Trinajstić information content (AvgIpc) is 3.18. The van der Waals surface area contributed by atoms with Gasteiger partial charge in [0.25, 0.3) is 0 Å². The first-order valence-corrected chi connectivity index (χ1v) is 13.0. The fourth-order valence-corrected chi connectivity index (χ4v) is 7.36. The number of nitrogens with zero attached hydrogens (tertiary/aromatic N) is 2. The summed E-state index contributed by atoms with van der Waals surface area (Å²) in [6.45, 7) is 6.74. The Bertz CT molecular complexity index is 875. The minimum atomic E-state index is -1.11. The van der Waals surface area contributed by atoms with Gasteiger partial charge in [-0.25, -0.2) is 4.79 Å². The van der Waals surface area contributed by atoms with Gasteiger partial charge < -0.3 is 30.6 Å². The maximum absolute atomic E-state index is 13.1. The van der Waals surface area contributed by atoms with Gasteiger partial charge in [0.05, 0.1) is 24.1 Å². The maximum atomic E-state index is 13.1. The summed E-state index contributed by atoms with van der Waals surface area (Å²) in [6, 6.07) is 0.139. The molecule has 3 saturated heterocycles. The number of hydrogen-bond acceptors (Lipinski definition) is 7. The minimum absolute atomic E-state index is 0.0553. The van der Waals surface area contributed by atoms with Crippen LogP contribution in [-0.4, -0.2) is 93.5 Å². The monoisotopic (exact) mass is 478 g/mol.